The lowest BCUT2D eigenvalue weighted by Gasteiger charge is -2.26. The lowest BCUT2D eigenvalue weighted by Crippen LogP contribution is -2.40. The van der Waals surface area contributed by atoms with E-state index >= 15 is 0 Å². The monoisotopic (exact) mass is 338 g/mol. The van der Waals surface area contributed by atoms with Gasteiger partial charge in [-0.15, -0.1) is 0 Å². The van der Waals surface area contributed by atoms with Crippen molar-refractivity contribution >= 4 is 26.8 Å². The van der Waals surface area contributed by atoms with Crippen LogP contribution in [0.5, 0.6) is 0 Å². The van der Waals surface area contributed by atoms with Gasteiger partial charge in [0.05, 0.1) is 17.0 Å². The van der Waals surface area contributed by atoms with Gasteiger partial charge in [0.2, 0.25) is 0 Å². The van der Waals surface area contributed by atoms with Crippen LogP contribution in [-0.2, 0) is 16.9 Å². The fourth-order valence-electron chi connectivity index (χ4n) is 3.01. The lowest BCUT2D eigenvalue weighted by atomic mass is 10.1. The van der Waals surface area contributed by atoms with Gasteiger partial charge in [0.15, 0.2) is 15.4 Å². The summed E-state index contributed by atoms with van der Waals surface area (Å²) < 4.78 is 29.7. The standard InChI is InChI=1S/C15H18N2O5S/c1-3-17(11-6-7-23(20,21)9-11)14(18)10-4-5-13-12(8-10)16(2)15(19)22-13/h4-5,8,11H,3,6-7,9H2,1-2H3. The fraction of sp³-hybridized carbons (Fsp3) is 0.467. The summed E-state index contributed by atoms with van der Waals surface area (Å²) in [7, 11) is -1.49. The first-order chi connectivity index (χ1) is 10.8. The number of amides is 1. The van der Waals surface area contributed by atoms with Crippen molar-refractivity contribution in [3.63, 3.8) is 0 Å². The van der Waals surface area contributed by atoms with Gasteiger partial charge < -0.3 is 9.32 Å². The minimum absolute atomic E-state index is 0.0129. The normalized spacial score (nSPS) is 20.0. The second-order valence-electron chi connectivity index (χ2n) is 5.76. The SMILES string of the molecule is CCN(C(=O)c1ccc2oc(=O)n(C)c2c1)C1CCS(=O)(=O)C1. The number of oxazole rings is 1. The van der Waals surface area contributed by atoms with Crippen molar-refractivity contribution in [3.8, 4) is 0 Å². The third-order valence-corrected chi connectivity index (χ3v) is 6.04. The number of aryl methyl sites for hydroxylation is 1. The van der Waals surface area contributed by atoms with E-state index in [1.54, 1.807) is 30.1 Å². The van der Waals surface area contributed by atoms with Gasteiger partial charge in [0.25, 0.3) is 5.91 Å². The molecule has 1 saturated heterocycles. The van der Waals surface area contributed by atoms with Crippen molar-refractivity contribution in [2.75, 3.05) is 18.1 Å². The molecule has 1 atom stereocenters. The van der Waals surface area contributed by atoms with Crippen LogP contribution >= 0.6 is 0 Å². The van der Waals surface area contributed by atoms with Gasteiger partial charge in [-0.2, -0.15) is 0 Å². The molecule has 0 spiro atoms. The zero-order valence-electron chi connectivity index (χ0n) is 13.0. The molecule has 0 bridgehead atoms. The van der Waals surface area contributed by atoms with E-state index in [1.807, 2.05) is 6.92 Å². The van der Waals surface area contributed by atoms with E-state index in [-0.39, 0.29) is 23.5 Å². The molecule has 1 aliphatic heterocycles. The number of carbonyl (C=O) groups excluding carboxylic acids is 1. The highest BCUT2D eigenvalue weighted by atomic mass is 32.2. The van der Waals surface area contributed by atoms with E-state index in [0.29, 0.717) is 29.6 Å². The van der Waals surface area contributed by atoms with E-state index < -0.39 is 15.6 Å². The Hall–Kier alpha value is -2.09. The maximum absolute atomic E-state index is 12.7. The van der Waals surface area contributed by atoms with E-state index in [1.165, 1.54) is 4.57 Å². The van der Waals surface area contributed by atoms with Crippen LogP contribution in [0.1, 0.15) is 23.7 Å². The topological polar surface area (TPSA) is 89.6 Å². The predicted molar refractivity (Wildman–Crippen MR) is 85.2 cm³/mol. The first-order valence-electron chi connectivity index (χ1n) is 7.43. The minimum atomic E-state index is -3.06. The van der Waals surface area contributed by atoms with Crippen LogP contribution in [0.15, 0.2) is 27.4 Å². The van der Waals surface area contributed by atoms with Gasteiger partial charge in [-0.3, -0.25) is 9.36 Å². The number of nitrogens with zero attached hydrogens (tertiary/aromatic N) is 2. The number of carbonyl (C=O) groups is 1. The number of rotatable bonds is 3. The van der Waals surface area contributed by atoms with Gasteiger partial charge in [-0.05, 0) is 31.5 Å². The molecule has 1 amide bonds. The lowest BCUT2D eigenvalue weighted by molar-refractivity contribution is 0.0708. The third kappa shape index (κ3) is 2.78. The number of hydrogen-bond acceptors (Lipinski definition) is 5. The minimum Gasteiger partial charge on any atom is -0.408 e. The molecule has 1 aromatic heterocycles. The van der Waals surface area contributed by atoms with Crippen LogP contribution in [0, 0.1) is 0 Å². The molecule has 2 aromatic rings. The highest BCUT2D eigenvalue weighted by molar-refractivity contribution is 7.91. The van der Waals surface area contributed by atoms with Crippen LogP contribution in [0.2, 0.25) is 0 Å². The van der Waals surface area contributed by atoms with Gasteiger partial charge in [-0.1, -0.05) is 0 Å². The van der Waals surface area contributed by atoms with Gasteiger partial charge in [0.1, 0.15) is 0 Å². The van der Waals surface area contributed by atoms with Crippen LogP contribution in [-0.4, -0.2) is 47.9 Å². The predicted octanol–water partition coefficient (Wildman–Crippen LogP) is 0.781. The molecule has 1 aromatic carbocycles. The van der Waals surface area contributed by atoms with Crippen LogP contribution in [0.25, 0.3) is 11.1 Å². The molecule has 0 aliphatic carbocycles. The first kappa shape index (κ1) is 15.8. The van der Waals surface area contributed by atoms with Crippen molar-refractivity contribution in [2.45, 2.75) is 19.4 Å². The second-order valence-corrected chi connectivity index (χ2v) is 7.99. The van der Waals surface area contributed by atoms with E-state index in [2.05, 4.69) is 0 Å². The highest BCUT2D eigenvalue weighted by Crippen LogP contribution is 2.21. The first-order valence-corrected chi connectivity index (χ1v) is 9.25. The molecule has 0 N–H and O–H groups in total. The number of benzene rings is 1. The van der Waals surface area contributed by atoms with Gasteiger partial charge >= 0.3 is 5.76 Å². The number of aromatic nitrogens is 1. The van der Waals surface area contributed by atoms with Gasteiger partial charge in [-0.25, -0.2) is 13.2 Å². The van der Waals surface area contributed by atoms with Crippen molar-refractivity contribution in [1.82, 2.24) is 9.47 Å². The van der Waals surface area contributed by atoms with Crippen LogP contribution in [0.4, 0.5) is 0 Å². The highest BCUT2D eigenvalue weighted by Gasteiger charge is 2.34. The molecule has 1 aliphatic rings. The Balaban J connectivity index is 1.95. The third-order valence-electron chi connectivity index (χ3n) is 4.29. The summed E-state index contributed by atoms with van der Waals surface area (Å²) in [6, 6.07) is 4.50. The maximum atomic E-state index is 12.7. The summed E-state index contributed by atoms with van der Waals surface area (Å²) in [4.78, 5) is 25.9. The quantitative estimate of drug-likeness (QED) is 0.825. The Labute approximate surface area is 133 Å². The average molecular weight is 338 g/mol. The summed E-state index contributed by atoms with van der Waals surface area (Å²) in [5.41, 5.74) is 1.37. The summed E-state index contributed by atoms with van der Waals surface area (Å²) >= 11 is 0. The summed E-state index contributed by atoms with van der Waals surface area (Å²) in [5, 5.41) is 0. The summed E-state index contributed by atoms with van der Waals surface area (Å²) in [6.45, 7) is 2.26. The van der Waals surface area contributed by atoms with E-state index in [0.717, 1.165) is 0 Å². The summed E-state index contributed by atoms with van der Waals surface area (Å²) in [6.07, 6.45) is 0.467. The molecule has 23 heavy (non-hydrogen) atoms. The molecular formula is C15H18N2O5S. The zero-order valence-corrected chi connectivity index (χ0v) is 13.8. The smallest absolute Gasteiger partial charge is 0.408 e. The Bertz CT molecular complexity index is 925. The largest absolute Gasteiger partial charge is 0.419 e. The Morgan fingerprint density at radius 1 is 1.43 bits per heavy atom. The van der Waals surface area contributed by atoms with Crippen molar-refractivity contribution in [1.29, 1.82) is 0 Å². The molecule has 124 valence electrons. The van der Waals surface area contributed by atoms with Crippen molar-refractivity contribution < 1.29 is 17.6 Å². The molecule has 1 unspecified atom stereocenters. The van der Waals surface area contributed by atoms with Crippen molar-refractivity contribution in [2.24, 2.45) is 7.05 Å². The van der Waals surface area contributed by atoms with E-state index in [4.69, 9.17) is 4.42 Å². The number of fused-ring (bicyclic) bond motifs is 1. The molecule has 8 heteroatoms. The fourth-order valence-corrected chi connectivity index (χ4v) is 4.75. The molecule has 3 rings (SSSR count). The Morgan fingerprint density at radius 3 is 2.78 bits per heavy atom. The maximum Gasteiger partial charge on any atom is 0.419 e. The molecule has 0 saturated carbocycles. The molecule has 1 fully saturated rings. The van der Waals surface area contributed by atoms with Crippen molar-refractivity contribution in [3.05, 3.63) is 34.3 Å². The van der Waals surface area contributed by atoms with Crippen LogP contribution < -0.4 is 5.76 Å². The van der Waals surface area contributed by atoms with Crippen LogP contribution in [0.3, 0.4) is 0 Å². The molecular weight excluding hydrogens is 320 g/mol. The molecule has 0 radical (unpaired) electrons. The average Bonchev–Trinajstić information content (AvgIpc) is 3.00. The number of hydrogen-bond donors (Lipinski definition) is 0. The Kier molecular flexibility index (Phi) is 3.79. The molecule has 7 nitrogen and oxygen atoms in total. The Morgan fingerprint density at radius 2 is 2.17 bits per heavy atom. The van der Waals surface area contributed by atoms with E-state index in [9.17, 15) is 18.0 Å². The number of sulfone groups is 1. The second kappa shape index (κ2) is 5.52. The molecule has 2 heterocycles. The zero-order chi connectivity index (χ0) is 16.8. The summed E-state index contributed by atoms with van der Waals surface area (Å²) in [5.74, 6) is -0.584. The van der Waals surface area contributed by atoms with Gasteiger partial charge in [0, 0.05) is 25.2 Å².